The summed E-state index contributed by atoms with van der Waals surface area (Å²) in [6, 6.07) is 6.73. The topological polar surface area (TPSA) is 38.1 Å². The number of aryl methyl sites for hydroxylation is 1. The lowest BCUT2D eigenvalue weighted by molar-refractivity contribution is 0.369. The third kappa shape index (κ3) is 3.38. The molecule has 0 aliphatic carbocycles. The zero-order valence-electron chi connectivity index (χ0n) is 9.34. The average Bonchev–Trinajstić information content (AvgIpc) is 2.69. The summed E-state index contributed by atoms with van der Waals surface area (Å²) in [4.78, 5) is 0. The van der Waals surface area contributed by atoms with Crippen LogP contribution in [-0.4, -0.2) is 5.16 Å². The second-order valence-corrected chi connectivity index (χ2v) is 4.69. The van der Waals surface area contributed by atoms with Crippen LogP contribution in [0.15, 0.2) is 33.3 Å². The highest BCUT2D eigenvalue weighted by Crippen LogP contribution is 2.15. The van der Waals surface area contributed by atoms with Crippen molar-refractivity contribution in [1.29, 1.82) is 0 Å². The van der Waals surface area contributed by atoms with Crippen molar-refractivity contribution in [3.05, 3.63) is 51.6 Å². The molecule has 0 aliphatic heterocycles. The maximum atomic E-state index is 13.4. The van der Waals surface area contributed by atoms with Crippen molar-refractivity contribution in [1.82, 2.24) is 10.5 Å². The van der Waals surface area contributed by atoms with Crippen LogP contribution in [0.2, 0.25) is 0 Å². The molecule has 90 valence electrons. The van der Waals surface area contributed by atoms with E-state index < -0.39 is 0 Å². The fourth-order valence-electron chi connectivity index (χ4n) is 1.50. The van der Waals surface area contributed by atoms with Gasteiger partial charge in [0.25, 0.3) is 0 Å². The highest BCUT2D eigenvalue weighted by molar-refractivity contribution is 9.10. The molecule has 1 N–H and O–H groups in total. The molecule has 0 atom stereocenters. The van der Waals surface area contributed by atoms with Crippen molar-refractivity contribution in [3.8, 4) is 0 Å². The first-order chi connectivity index (χ1) is 8.15. The van der Waals surface area contributed by atoms with Crippen LogP contribution < -0.4 is 5.32 Å². The van der Waals surface area contributed by atoms with E-state index in [1.54, 1.807) is 12.1 Å². The smallest absolute Gasteiger partial charge is 0.150 e. The number of nitrogens with one attached hydrogen (secondary N) is 1. The Labute approximate surface area is 107 Å². The lowest BCUT2D eigenvalue weighted by atomic mass is 10.2. The van der Waals surface area contributed by atoms with Gasteiger partial charge in [0, 0.05) is 22.6 Å². The monoisotopic (exact) mass is 298 g/mol. The highest BCUT2D eigenvalue weighted by Gasteiger charge is 2.04. The molecule has 0 spiro atoms. The molecule has 2 aromatic rings. The van der Waals surface area contributed by atoms with E-state index in [0.717, 1.165) is 15.9 Å². The van der Waals surface area contributed by atoms with Crippen molar-refractivity contribution in [3.63, 3.8) is 0 Å². The fourth-order valence-corrected chi connectivity index (χ4v) is 1.91. The van der Waals surface area contributed by atoms with E-state index in [0.29, 0.717) is 18.7 Å². The summed E-state index contributed by atoms with van der Waals surface area (Å²) in [5.41, 5.74) is 1.46. The van der Waals surface area contributed by atoms with Gasteiger partial charge in [0.15, 0.2) is 5.76 Å². The molecule has 0 radical (unpaired) electrons. The molecule has 1 aromatic heterocycles. The van der Waals surface area contributed by atoms with Gasteiger partial charge in [-0.2, -0.15) is 0 Å². The van der Waals surface area contributed by atoms with E-state index in [9.17, 15) is 4.39 Å². The predicted octanol–water partition coefficient (Wildman–Crippen LogP) is 3.17. The van der Waals surface area contributed by atoms with Crippen LogP contribution in [-0.2, 0) is 13.1 Å². The molecule has 0 unspecified atom stereocenters. The molecular formula is C12H12BrFN2O. The minimum atomic E-state index is -0.213. The van der Waals surface area contributed by atoms with Gasteiger partial charge in [0.05, 0.1) is 12.2 Å². The minimum Gasteiger partial charge on any atom is -0.360 e. The number of benzene rings is 1. The van der Waals surface area contributed by atoms with E-state index >= 15 is 0 Å². The number of hydrogen-bond donors (Lipinski definition) is 1. The third-order valence-corrected chi connectivity index (χ3v) is 2.79. The van der Waals surface area contributed by atoms with Gasteiger partial charge in [-0.05, 0) is 25.1 Å². The summed E-state index contributed by atoms with van der Waals surface area (Å²) in [5.74, 6) is 0.535. The first kappa shape index (κ1) is 12.3. The van der Waals surface area contributed by atoms with Crippen LogP contribution in [0.5, 0.6) is 0 Å². The molecule has 0 aliphatic rings. The van der Waals surface area contributed by atoms with E-state index in [4.69, 9.17) is 4.52 Å². The van der Waals surface area contributed by atoms with E-state index in [1.807, 2.05) is 13.0 Å². The lowest BCUT2D eigenvalue weighted by Crippen LogP contribution is -2.13. The van der Waals surface area contributed by atoms with Crippen molar-refractivity contribution >= 4 is 15.9 Å². The Morgan fingerprint density at radius 3 is 2.88 bits per heavy atom. The Hall–Kier alpha value is -1.20. The summed E-state index contributed by atoms with van der Waals surface area (Å²) < 4.78 is 19.3. The van der Waals surface area contributed by atoms with Crippen LogP contribution in [0.25, 0.3) is 0 Å². The van der Waals surface area contributed by atoms with Gasteiger partial charge in [0.2, 0.25) is 0 Å². The van der Waals surface area contributed by atoms with Gasteiger partial charge in [-0.3, -0.25) is 0 Å². The van der Waals surface area contributed by atoms with Crippen LogP contribution in [0, 0.1) is 12.7 Å². The summed E-state index contributed by atoms with van der Waals surface area (Å²) in [6.07, 6.45) is 0. The minimum absolute atomic E-state index is 0.213. The molecular weight excluding hydrogens is 287 g/mol. The van der Waals surface area contributed by atoms with Gasteiger partial charge in [-0.25, -0.2) is 4.39 Å². The molecule has 2 rings (SSSR count). The van der Waals surface area contributed by atoms with Crippen molar-refractivity contribution in [2.45, 2.75) is 20.0 Å². The quantitative estimate of drug-likeness (QED) is 0.942. The SMILES string of the molecule is Cc1cc(CNCc2cc(Br)ccc2F)on1. The number of nitrogens with zero attached hydrogens (tertiary/aromatic N) is 1. The van der Waals surface area contributed by atoms with E-state index in [-0.39, 0.29) is 5.82 Å². The average molecular weight is 299 g/mol. The molecule has 0 saturated carbocycles. The van der Waals surface area contributed by atoms with Gasteiger partial charge in [-0.15, -0.1) is 0 Å². The zero-order chi connectivity index (χ0) is 12.3. The Kier molecular flexibility index (Phi) is 3.91. The van der Waals surface area contributed by atoms with Crippen LogP contribution in [0.4, 0.5) is 4.39 Å². The molecule has 1 aromatic carbocycles. The summed E-state index contributed by atoms with van der Waals surface area (Å²) in [6.45, 7) is 2.85. The molecule has 0 saturated heterocycles. The van der Waals surface area contributed by atoms with Crippen LogP contribution >= 0.6 is 15.9 Å². The summed E-state index contributed by atoms with van der Waals surface area (Å²) in [5, 5.41) is 6.88. The molecule has 0 amide bonds. The Balaban J connectivity index is 1.91. The van der Waals surface area contributed by atoms with E-state index in [2.05, 4.69) is 26.4 Å². The zero-order valence-corrected chi connectivity index (χ0v) is 10.9. The number of aromatic nitrogens is 1. The van der Waals surface area contributed by atoms with Gasteiger partial charge >= 0.3 is 0 Å². The van der Waals surface area contributed by atoms with Crippen molar-refractivity contribution in [2.24, 2.45) is 0 Å². The maximum absolute atomic E-state index is 13.4. The van der Waals surface area contributed by atoms with Crippen molar-refractivity contribution in [2.75, 3.05) is 0 Å². The fraction of sp³-hybridized carbons (Fsp3) is 0.250. The highest BCUT2D eigenvalue weighted by atomic mass is 79.9. The maximum Gasteiger partial charge on any atom is 0.150 e. The van der Waals surface area contributed by atoms with E-state index in [1.165, 1.54) is 6.07 Å². The normalized spacial score (nSPS) is 10.8. The predicted molar refractivity (Wildman–Crippen MR) is 65.9 cm³/mol. The Morgan fingerprint density at radius 1 is 1.35 bits per heavy atom. The van der Waals surface area contributed by atoms with Crippen molar-refractivity contribution < 1.29 is 8.91 Å². The second-order valence-electron chi connectivity index (χ2n) is 3.77. The number of hydrogen-bond acceptors (Lipinski definition) is 3. The Morgan fingerprint density at radius 2 is 2.18 bits per heavy atom. The van der Waals surface area contributed by atoms with Crippen LogP contribution in [0.1, 0.15) is 17.0 Å². The largest absolute Gasteiger partial charge is 0.360 e. The Bertz CT molecular complexity index is 513. The van der Waals surface area contributed by atoms with Gasteiger partial charge in [-0.1, -0.05) is 21.1 Å². The third-order valence-electron chi connectivity index (χ3n) is 2.30. The summed E-state index contributed by atoms with van der Waals surface area (Å²) in [7, 11) is 0. The first-order valence-corrected chi connectivity index (χ1v) is 6.01. The first-order valence-electron chi connectivity index (χ1n) is 5.22. The molecule has 17 heavy (non-hydrogen) atoms. The molecule has 1 heterocycles. The summed E-state index contributed by atoms with van der Waals surface area (Å²) >= 11 is 3.31. The molecule has 0 fully saturated rings. The molecule has 3 nitrogen and oxygen atoms in total. The standard InChI is InChI=1S/C12H12BrFN2O/c1-8-4-11(17-16-8)7-15-6-9-5-10(13)2-3-12(9)14/h2-5,15H,6-7H2,1H3. The van der Waals surface area contributed by atoms with Gasteiger partial charge in [0.1, 0.15) is 5.82 Å². The van der Waals surface area contributed by atoms with Gasteiger partial charge < -0.3 is 9.84 Å². The lowest BCUT2D eigenvalue weighted by Gasteiger charge is -2.04. The molecule has 0 bridgehead atoms. The number of rotatable bonds is 4. The number of halogens is 2. The molecule has 5 heteroatoms. The van der Waals surface area contributed by atoms with Crippen LogP contribution in [0.3, 0.4) is 0 Å². The second kappa shape index (κ2) is 5.42.